The molecule has 0 unspecified atom stereocenters. The summed E-state index contributed by atoms with van der Waals surface area (Å²) in [6.07, 6.45) is -1.00. The van der Waals surface area contributed by atoms with Gasteiger partial charge in [0.15, 0.2) is 0 Å². The topological polar surface area (TPSA) is 105 Å². The Morgan fingerprint density at radius 3 is 2.71 bits per heavy atom. The second-order valence-electron chi connectivity index (χ2n) is 6.36. The van der Waals surface area contributed by atoms with Crippen molar-refractivity contribution < 1.29 is 23.8 Å². The molecule has 8 nitrogen and oxygen atoms in total. The third kappa shape index (κ3) is 4.44. The van der Waals surface area contributed by atoms with Crippen molar-refractivity contribution in [2.45, 2.75) is 38.6 Å². The molecule has 2 heterocycles. The van der Waals surface area contributed by atoms with Crippen LogP contribution in [0.4, 0.5) is 15.0 Å². The molecule has 0 bridgehead atoms. The molecule has 0 saturated carbocycles. The van der Waals surface area contributed by atoms with Crippen LogP contribution in [0.15, 0.2) is 6.20 Å². The molecule has 1 amide bonds. The van der Waals surface area contributed by atoms with E-state index in [2.05, 4.69) is 15.3 Å². The number of halogens is 2. The fourth-order valence-corrected chi connectivity index (χ4v) is 2.31. The Labute approximate surface area is 143 Å². The van der Waals surface area contributed by atoms with Crippen molar-refractivity contribution in [3.05, 3.63) is 17.0 Å². The van der Waals surface area contributed by atoms with E-state index in [0.29, 0.717) is 0 Å². The molecule has 0 aliphatic carbocycles. The van der Waals surface area contributed by atoms with Crippen molar-refractivity contribution >= 4 is 29.5 Å². The van der Waals surface area contributed by atoms with Gasteiger partial charge < -0.3 is 20.1 Å². The summed E-state index contributed by atoms with van der Waals surface area (Å²) in [6.45, 7) is 4.99. The maximum atomic E-state index is 14.2. The number of nitrogens with zero attached hydrogens (tertiary/aromatic N) is 3. The predicted molar refractivity (Wildman–Crippen MR) is 84.1 cm³/mol. The van der Waals surface area contributed by atoms with Crippen LogP contribution < -0.4 is 5.32 Å². The Balaban J connectivity index is 2.10. The van der Waals surface area contributed by atoms with E-state index in [-0.39, 0.29) is 29.8 Å². The van der Waals surface area contributed by atoms with Crippen molar-refractivity contribution in [2.75, 3.05) is 18.4 Å². The van der Waals surface area contributed by atoms with Crippen LogP contribution in [0, 0.1) is 0 Å². The van der Waals surface area contributed by atoms with E-state index >= 15 is 0 Å². The fourth-order valence-electron chi connectivity index (χ4n) is 2.18. The molecule has 1 aromatic heterocycles. The zero-order chi connectivity index (χ0) is 18.1. The Morgan fingerprint density at radius 1 is 1.46 bits per heavy atom. The molecule has 1 fully saturated rings. The third-order valence-electron chi connectivity index (χ3n) is 3.21. The smallest absolute Gasteiger partial charge is 0.410 e. The first-order valence-corrected chi connectivity index (χ1v) is 7.59. The molecule has 1 aliphatic heterocycles. The lowest BCUT2D eigenvalue weighted by Gasteiger charge is -2.24. The second-order valence-corrected chi connectivity index (χ2v) is 6.70. The molecule has 0 aromatic carbocycles. The van der Waals surface area contributed by atoms with Crippen molar-refractivity contribution in [1.29, 1.82) is 0 Å². The normalized spacial score (nSPS) is 20.8. The fraction of sp³-hybridized carbons (Fsp3) is 0.571. The lowest BCUT2D eigenvalue weighted by molar-refractivity contribution is 0.0283. The van der Waals surface area contributed by atoms with E-state index in [4.69, 9.17) is 21.4 Å². The number of aromatic nitrogens is 2. The highest BCUT2D eigenvalue weighted by atomic mass is 35.5. The summed E-state index contributed by atoms with van der Waals surface area (Å²) in [5, 5.41) is 11.6. The number of aromatic carboxylic acids is 1. The van der Waals surface area contributed by atoms with Gasteiger partial charge in [0.05, 0.1) is 12.6 Å². The lowest BCUT2D eigenvalue weighted by atomic mass is 10.2. The summed E-state index contributed by atoms with van der Waals surface area (Å²) in [5.74, 6) is -1.37. The Bertz CT molecular complexity index is 652. The number of amides is 1. The largest absolute Gasteiger partial charge is 0.477 e. The van der Waals surface area contributed by atoms with Crippen molar-refractivity contribution in [3.8, 4) is 0 Å². The van der Waals surface area contributed by atoms with Crippen LogP contribution in [-0.4, -0.2) is 62.9 Å². The quantitative estimate of drug-likeness (QED) is 0.796. The molecular weight excluding hydrogens is 343 g/mol. The predicted octanol–water partition coefficient (Wildman–Crippen LogP) is 2.20. The molecule has 0 spiro atoms. The summed E-state index contributed by atoms with van der Waals surface area (Å²) in [5.41, 5.74) is -0.923. The van der Waals surface area contributed by atoms with Gasteiger partial charge in [-0.05, 0) is 32.4 Å². The number of ether oxygens (including phenoxy) is 1. The van der Waals surface area contributed by atoms with Gasteiger partial charge in [0.25, 0.3) is 0 Å². The highest BCUT2D eigenvalue weighted by Gasteiger charge is 2.38. The van der Waals surface area contributed by atoms with Crippen LogP contribution in [0.25, 0.3) is 0 Å². The minimum absolute atomic E-state index is 0.0107. The van der Waals surface area contributed by atoms with Gasteiger partial charge in [0.1, 0.15) is 23.2 Å². The number of anilines is 1. The van der Waals surface area contributed by atoms with Gasteiger partial charge >= 0.3 is 12.1 Å². The number of rotatable bonds is 3. The maximum absolute atomic E-state index is 14.2. The van der Waals surface area contributed by atoms with Crippen LogP contribution >= 0.6 is 11.6 Å². The second kappa shape index (κ2) is 6.76. The molecule has 2 N–H and O–H groups in total. The number of carboxylic acids is 1. The van der Waals surface area contributed by atoms with Crippen LogP contribution in [0.5, 0.6) is 0 Å². The van der Waals surface area contributed by atoms with E-state index in [9.17, 15) is 14.0 Å². The molecule has 24 heavy (non-hydrogen) atoms. The van der Waals surface area contributed by atoms with Crippen LogP contribution in [0.3, 0.4) is 0 Å². The van der Waals surface area contributed by atoms with E-state index in [1.165, 1.54) is 4.90 Å². The van der Waals surface area contributed by atoms with Gasteiger partial charge in [-0.15, -0.1) is 0 Å². The first-order valence-electron chi connectivity index (χ1n) is 7.21. The molecule has 2 rings (SSSR count). The number of hydrogen-bond donors (Lipinski definition) is 2. The molecule has 0 radical (unpaired) electrons. The molecule has 10 heteroatoms. The molecule has 2 atom stereocenters. The van der Waals surface area contributed by atoms with E-state index in [1.807, 2.05) is 0 Å². The molecule has 1 aromatic rings. The highest BCUT2D eigenvalue weighted by molar-refractivity contribution is 6.28. The van der Waals surface area contributed by atoms with Crippen molar-refractivity contribution in [3.63, 3.8) is 0 Å². The van der Waals surface area contributed by atoms with Crippen LogP contribution in [0.2, 0.25) is 5.28 Å². The Hall–Kier alpha value is -2.16. The molecular formula is C14H18ClFN4O4. The standard InChI is InChI=1S/C14H18ClFN4O4/c1-14(2,3)24-13(23)20-5-8(16)9(6-20)18-10-7(11(21)22)4-17-12(15)19-10/h4,8-9H,5-6H2,1-3H3,(H,21,22)(H,17,18,19)/t8-,9-/m1/s1. The van der Waals surface area contributed by atoms with E-state index in [1.54, 1.807) is 20.8 Å². The third-order valence-corrected chi connectivity index (χ3v) is 3.39. The summed E-state index contributed by atoms with van der Waals surface area (Å²) >= 11 is 5.66. The van der Waals surface area contributed by atoms with Gasteiger partial charge in [-0.3, -0.25) is 0 Å². The first kappa shape index (κ1) is 18.2. The van der Waals surface area contributed by atoms with E-state index < -0.39 is 29.9 Å². The number of carbonyl (C=O) groups is 2. The average molecular weight is 361 g/mol. The van der Waals surface area contributed by atoms with Crippen LogP contribution in [-0.2, 0) is 4.74 Å². The Kier molecular flexibility index (Phi) is 5.12. The minimum atomic E-state index is -1.41. The van der Waals surface area contributed by atoms with Crippen LogP contribution in [0.1, 0.15) is 31.1 Å². The molecule has 132 valence electrons. The Morgan fingerprint density at radius 2 is 2.12 bits per heavy atom. The monoisotopic (exact) mass is 360 g/mol. The number of nitrogens with one attached hydrogen (secondary N) is 1. The summed E-state index contributed by atoms with van der Waals surface area (Å²) in [7, 11) is 0. The summed E-state index contributed by atoms with van der Waals surface area (Å²) < 4.78 is 19.4. The van der Waals surface area contributed by atoms with E-state index in [0.717, 1.165) is 6.20 Å². The van der Waals surface area contributed by atoms with Crippen molar-refractivity contribution in [1.82, 2.24) is 14.9 Å². The summed E-state index contributed by atoms with van der Waals surface area (Å²) in [4.78, 5) is 31.8. The number of carboxylic acid groups (broad SMARTS) is 1. The van der Waals surface area contributed by atoms with Gasteiger partial charge in [0, 0.05) is 12.7 Å². The average Bonchev–Trinajstić information content (AvgIpc) is 2.78. The zero-order valence-electron chi connectivity index (χ0n) is 13.4. The number of alkyl halides is 1. The molecule has 1 aliphatic rings. The van der Waals surface area contributed by atoms with Gasteiger partial charge in [-0.25, -0.2) is 19.0 Å². The number of likely N-dealkylation sites (tertiary alicyclic amines) is 1. The number of carbonyl (C=O) groups excluding carboxylic acids is 1. The minimum Gasteiger partial charge on any atom is -0.477 e. The molecule has 1 saturated heterocycles. The first-order chi connectivity index (χ1) is 11.1. The number of hydrogen-bond acceptors (Lipinski definition) is 6. The highest BCUT2D eigenvalue weighted by Crippen LogP contribution is 2.22. The SMILES string of the molecule is CC(C)(C)OC(=O)N1C[C@@H](F)[C@H](Nc2nc(Cl)ncc2C(=O)O)C1. The van der Waals surface area contributed by atoms with Gasteiger partial charge in [-0.2, -0.15) is 4.98 Å². The van der Waals surface area contributed by atoms with Gasteiger partial charge in [-0.1, -0.05) is 0 Å². The van der Waals surface area contributed by atoms with Gasteiger partial charge in [0.2, 0.25) is 5.28 Å². The summed E-state index contributed by atoms with van der Waals surface area (Å²) in [6, 6.07) is -0.832. The maximum Gasteiger partial charge on any atom is 0.410 e. The zero-order valence-corrected chi connectivity index (χ0v) is 14.2. The van der Waals surface area contributed by atoms with Crippen molar-refractivity contribution in [2.24, 2.45) is 0 Å². The lowest BCUT2D eigenvalue weighted by Crippen LogP contribution is -2.36.